The van der Waals surface area contributed by atoms with Crippen molar-refractivity contribution in [2.24, 2.45) is 0 Å². The smallest absolute Gasteiger partial charge is 0.267 e. The lowest BCUT2D eigenvalue weighted by atomic mass is 10.1. The molecule has 2 amide bonds. The predicted molar refractivity (Wildman–Crippen MR) is 64.2 cm³/mol. The minimum atomic E-state index is -2.71. The third kappa shape index (κ3) is 1.78. The minimum absolute atomic E-state index is 0.0644. The quantitative estimate of drug-likeness (QED) is 0.874. The molecule has 2 heterocycles. The van der Waals surface area contributed by atoms with Crippen LogP contribution in [0, 0.1) is 0 Å². The van der Waals surface area contributed by atoms with Gasteiger partial charge in [-0.1, -0.05) is 12.1 Å². The lowest BCUT2D eigenvalue weighted by Crippen LogP contribution is -2.29. The zero-order valence-electron chi connectivity index (χ0n) is 10.1. The molecule has 0 radical (unpaired) electrons. The summed E-state index contributed by atoms with van der Waals surface area (Å²) in [6.07, 6.45) is -1.71. The van der Waals surface area contributed by atoms with Gasteiger partial charge in [0.2, 0.25) is 0 Å². The van der Waals surface area contributed by atoms with E-state index < -0.39 is 18.2 Å². The Balaban J connectivity index is 1.92. The highest BCUT2D eigenvalue weighted by molar-refractivity contribution is 6.21. The molecule has 0 aliphatic carbocycles. The van der Waals surface area contributed by atoms with Crippen molar-refractivity contribution in [1.82, 2.24) is 15.1 Å². The lowest BCUT2D eigenvalue weighted by molar-refractivity contribution is 0.0636. The second-order valence-electron chi connectivity index (χ2n) is 4.35. The molecule has 7 heteroatoms. The number of halogens is 2. The Morgan fingerprint density at radius 1 is 1.15 bits per heavy atom. The monoisotopic (exact) mass is 277 g/mol. The van der Waals surface area contributed by atoms with Crippen LogP contribution in [-0.4, -0.2) is 26.9 Å². The molecule has 0 bridgehead atoms. The van der Waals surface area contributed by atoms with Gasteiger partial charge in [0.05, 0.1) is 35.1 Å². The number of alkyl halides is 2. The van der Waals surface area contributed by atoms with Gasteiger partial charge in [0.25, 0.3) is 18.2 Å². The third-order valence-electron chi connectivity index (χ3n) is 3.18. The number of nitrogens with one attached hydrogen (secondary N) is 1. The number of carbonyl (C=O) groups excluding carboxylic acids is 2. The number of benzene rings is 1. The average Bonchev–Trinajstić information content (AvgIpc) is 2.99. The zero-order valence-corrected chi connectivity index (χ0v) is 10.1. The number of rotatable bonds is 3. The van der Waals surface area contributed by atoms with Gasteiger partial charge in [-0.05, 0) is 12.1 Å². The van der Waals surface area contributed by atoms with Crippen LogP contribution in [0.25, 0.3) is 0 Å². The molecule has 0 fully saturated rings. The molecule has 0 unspecified atom stereocenters. The van der Waals surface area contributed by atoms with E-state index in [0.29, 0.717) is 0 Å². The number of hydrogen-bond acceptors (Lipinski definition) is 3. The van der Waals surface area contributed by atoms with Gasteiger partial charge in [0.15, 0.2) is 0 Å². The lowest BCUT2D eigenvalue weighted by Gasteiger charge is -2.13. The van der Waals surface area contributed by atoms with Crippen LogP contribution in [0.2, 0.25) is 0 Å². The Kier molecular flexibility index (Phi) is 2.81. The van der Waals surface area contributed by atoms with Crippen LogP contribution < -0.4 is 0 Å². The van der Waals surface area contributed by atoms with Gasteiger partial charge in [-0.25, -0.2) is 8.78 Å². The van der Waals surface area contributed by atoms with Gasteiger partial charge >= 0.3 is 0 Å². The van der Waals surface area contributed by atoms with Crippen molar-refractivity contribution in [3.63, 3.8) is 0 Å². The Bertz CT molecular complexity index is 661. The number of carbonyl (C=O) groups is 2. The summed E-state index contributed by atoms with van der Waals surface area (Å²) in [6, 6.07) is 6.37. The first-order chi connectivity index (χ1) is 9.59. The molecule has 1 N–H and O–H groups in total. The molecule has 5 nitrogen and oxygen atoms in total. The Morgan fingerprint density at radius 3 is 2.30 bits per heavy atom. The molecule has 0 saturated carbocycles. The fourth-order valence-electron chi connectivity index (χ4n) is 2.18. The SMILES string of the molecule is O=C1c2ccccc2C(=O)N1Cc1[nH]ncc1C(F)F. The highest BCUT2D eigenvalue weighted by Gasteiger charge is 2.36. The van der Waals surface area contributed by atoms with Crippen LogP contribution in [0.1, 0.15) is 38.4 Å². The number of amides is 2. The first-order valence-corrected chi connectivity index (χ1v) is 5.85. The van der Waals surface area contributed by atoms with E-state index in [-0.39, 0.29) is 28.9 Å². The van der Waals surface area contributed by atoms with Crippen LogP contribution in [0.15, 0.2) is 30.5 Å². The van der Waals surface area contributed by atoms with Crippen molar-refractivity contribution in [3.8, 4) is 0 Å². The van der Waals surface area contributed by atoms with Gasteiger partial charge in [-0.2, -0.15) is 5.10 Å². The summed E-state index contributed by atoms with van der Waals surface area (Å²) in [5.74, 6) is -0.971. The first kappa shape index (κ1) is 12.5. The van der Waals surface area contributed by atoms with E-state index in [4.69, 9.17) is 0 Å². The summed E-state index contributed by atoms with van der Waals surface area (Å²) in [4.78, 5) is 25.1. The maximum atomic E-state index is 12.7. The highest BCUT2D eigenvalue weighted by Crippen LogP contribution is 2.27. The van der Waals surface area contributed by atoms with E-state index in [1.165, 1.54) is 12.1 Å². The maximum Gasteiger partial charge on any atom is 0.267 e. The summed E-state index contributed by atoms with van der Waals surface area (Å²) < 4.78 is 25.5. The van der Waals surface area contributed by atoms with Crippen LogP contribution in [0.3, 0.4) is 0 Å². The average molecular weight is 277 g/mol. The molecule has 3 rings (SSSR count). The zero-order chi connectivity index (χ0) is 14.3. The topological polar surface area (TPSA) is 66.1 Å². The van der Waals surface area contributed by atoms with E-state index in [2.05, 4.69) is 10.2 Å². The molecule has 102 valence electrons. The molecule has 1 aliphatic rings. The third-order valence-corrected chi connectivity index (χ3v) is 3.18. The predicted octanol–water partition coefficient (Wildman–Crippen LogP) is 2.14. The van der Waals surface area contributed by atoms with Crippen LogP contribution in [0.5, 0.6) is 0 Å². The van der Waals surface area contributed by atoms with Crippen molar-refractivity contribution in [3.05, 3.63) is 52.8 Å². The van der Waals surface area contributed by atoms with Crippen molar-refractivity contribution in [2.75, 3.05) is 0 Å². The fourth-order valence-corrected chi connectivity index (χ4v) is 2.18. The molecular formula is C13H9F2N3O2. The molecule has 0 atom stereocenters. The van der Waals surface area contributed by atoms with E-state index in [1.54, 1.807) is 12.1 Å². The molecule has 1 aromatic heterocycles. The molecule has 0 saturated heterocycles. The first-order valence-electron chi connectivity index (χ1n) is 5.85. The van der Waals surface area contributed by atoms with Gasteiger partial charge in [-0.3, -0.25) is 19.6 Å². The van der Waals surface area contributed by atoms with Crippen LogP contribution in [0.4, 0.5) is 8.78 Å². The summed E-state index contributed by atoms with van der Waals surface area (Å²) in [5, 5.41) is 5.94. The Morgan fingerprint density at radius 2 is 1.75 bits per heavy atom. The molecule has 1 aromatic carbocycles. The van der Waals surface area contributed by atoms with Crippen molar-refractivity contribution in [1.29, 1.82) is 0 Å². The number of fused-ring (bicyclic) bond motifs is 1. The van der Waals surface area contributed by atoms with Crippen molar-refractivity contribution >= 4 is 11.8 Å². The minimum Gasteiger partial charge on any atom is -0.280 e. The van der Waals surface area contributed by atoms with E-state index in [0.717, 1.165) is 11.1 Å². The highest BCUT2D eigenvalue weighted by atomic mass is 19.3. The summed E-state index contributed by atoms with van der Waals surface area (Å²) in [6.45, 7) is -0.244. The number of aromatic nitrogens is 2. The molecule has 20 heavy (non-hydrogen) atoms. The van der Waals surface area contributed by atoms with E-state index in [1.807, 2.05) is 0 Å². The number of hydrogen-bond donors (Lipinski definition) is 1. The summed E-state index contributed by atoms with van der Waals surface area (Å²) in [7, 11) is 0. The Labute approximate surface area is 112 Å². The molecule has 1 aliphatic heterocycles. The second kappa shape index (κ2) is 4.52. The maximum absolute atomic E-state index is 12.7. The normalized spacial score (nSPS) is 14.2. The Hall–Kier alpha value is -2.57. The molecular weight excluding hydrogens is 268 g/mol. The number of aromatic amines is 1. The van der Waals surface area contributed by atoms with E-state index in [9.17, 15) is 18.4 Å². The number of imide groups is 1. The van der Waals surface area contributed by atoms with Crippen molar-refractivity contribution < 1.29 is 18.4 Å². The fraction of sp³-hybridized carbons (Fsp3) is 0.154. The van der Waals surface area contributed by atoms with E-state index >= 15 is 0 Å². The van der Waals surface area contributed by atoms with Gasteiger partial charge in [0, 0.05) is 0 Å². The summed E-state index contributed by atoms with van der Waals surface area (Å²) >= 11 is 0. The van der Waals surface area contributed by atoms with Crippen LogP contribution >= 0.6 is 0 Å². The van der Waals surface area contributed by atoms with Gasteiger partial charge < -0.3 is 0 Å². The summed E-state index contributed by atoms with van der Waals surface area (Å²) in [5.41, 5.74) is 0.335. The van der Waals surface area contributed by atoms with Gasteiger partial charge in [-0.15, -0.1) is 0 Å². The second-order valence-corrected chi connectivity index (χ2v) is 4.35. The van der Waals surface area contributed by atoms with Crippen molar-refractivity contribution in [2.45, 2.75) is 13.0 Å². The molecule has 0 spiro atoms. The number of H-pyrrole nitrogens is 1. The van der Waals surface area contributed by atoms with Crippen LogP contribution in [-0.2, 0) is 6.54 Å². The largest absolute Gasteiger partial charge is 0.280 e. The van der Waals surface area contributed by atoms with Gasteiger partial charge in [0.1, 0.15) is 0 Å². The number of nitrogens with zero attached hydrogens (tertiary/aromatic N) is 2. The molecule has 2 aromatic rings. The standard InChI is InChI=1S/C13H9F2N3O2/c14-11(15)9-5-16-17-10(9)6-18-12(19)7-3-1-2-4-8(7)13(18)20/h1-5,11H,6H2,(H,16,17).